The molecule has 2 amide bonds. The number of sulfonamides is 1. The Hall–Kier alpha value is -0.950. The quantitative estimate of drug-likeness (QED) is 0.618. The van der Waals surface area contributed by atoms with Crippen LogP contribution in [0.15, 0.2) is 0 Å². The molecule has 15 heavy (non-hydrogen) atoms. The second-order valence-corrected chi connectivity index (χ2v) is 5.31. The zero-order valence-electron chi connectivity index (χ0n) is 8.45. The van der Waals surface area contributed by atoms with E-state index in [1.54, 1.807) is 6.92 Å². The van der Waals surface area contributed by atoms with Crippen LogP contribution in [0.25, 0.3) is 0 Å². The average Bonchev–Trinajstić information content (AvgIpc) is 2.09. The van der Waals surface area contributed by atoms with Crippen LogP contribution in [0.3, 0.4) is 0 Å². The molecule has 1 saturated heterocycles. The highest BCUT2D eigenvalue weighted by Crippen LogP contribution is 2.06. The predicted octanol–water partition coefficient (Wildman–Crippen LogP) is -0.879. The average molecular weight is 234 g/mol. The lowest BCUT2D eigenvalue weighted by atomic mass is 10.1. The first kappa shape index (κ1) is 12.1. The van der Waals surface area contributed by atoms with Crippen molar-refractivity contribution in [2.75, 3.05) is 5.75 Å². The summed E-state index contributed by atoms with van der Waals surface area (Å²) in [5, 5.41) is 2.09. The molecule has 0 aromatic rings. The predicted molar refractivity (Wildman–Crippen MR) is 53.4 cm³/mol. The van der Waals surface area contributed by atoms with Crippen LogP contribution in [0, 0.1) is 0 Å². The van der Waals surface area contributed by atoms with Gasteiger partial charge >= 0.3 is 0 Å². The van der Waals surface area contributed by atoms with Crippen molar-refractivity contribution in [1.82, 2.24) is 10.0 Å². The first-order valence-corrected chi connectivity index (χ1v) is 6.43. The largest absolute Gasteiger partial charge is 0.295 e. The molecule has 0 aromatic heterocycles. The lowest BCUT2D eigenvalue weighted by Crippen LogP contribution is -2.52. The molecule has 86 valence electrons. The van der Waals surface area contributed by atoms with Crippen LogP contribution in [0.1, 0.15) is 26.2 Å². The van der Waals surface area contributed by atoms with E-state index in [4.69, 9.17) is 0 Å². The molecule has 1 fully saturated rings. The minimum atomic E-state index is -3.40. The summed E-state index contributed by atoms with van der Waals surface area (Å²) in [6, 6.07) is -0.806. The molecule has 0 aliphatic carbocycles. The van der Waals surface area contributed by atoms with Crippen molar-refractivity contribution in [1.29, 1.82) is 0 Å². The van der Waals surface area contributed by atoms with E-state index in [0.29, 0.717) is 6.42 Å². The van der Waals surface area contributed by atoms with Gasteiger partial charge < -0.3 is 0 Å². The highest BCUT2D eigenvalue weighted by molar-refractivity contribution is 7.89. The minimum Gasteiger partial charge on any atom is -0.295 e. The zero-order chi connectivity index (χ0) is 11.5. The number of nitrogens with one attached hydrogen (secondary N) is 2. The first-order valence-electron chi connectivity index (χ1n) is 4.78. The van der Waals surface area contributed by atoms with E-state index >= 15 is 0 Å². The topological polar surface area (TPSA) is 92.3 Å². The summed E-state index contributed by atoms with van der Waals surface area (Å²) < 4.78 is 25.0. The number of imide groups is 1. The van der Waals surface area contributed by atoms with E-state index in [2.05, 4.69) is 10.0 Å². The van der Waals surface area contributed by atoms with Gasteiger partial charge in [-0.2, -0.15) is 0 Å². The number of piperidine rings is 1. The molecule has 0 bridgehead atoms. The smallest absolute Gasteiger partial charge is 0.244 e. The SMILES string of the molecule is CCCS(=O)(=O)NC1CCC(=O)NC1=O. The molecule has 1 rings (SSSR count). The van der Waals surface area contributed by atoms with Gasteiger partial charge in [-0.05, 0) is 12.8 Å². The Morgan fingerprint density at radius 3 is 2.67 bits per heavy atom. The standard InChI is InChI=1S/C8H14N2O4S/c1-2-5-15(13,14)10-6-3-4-7(11)9-8(6)12/h6,10H,2-5H2,1H3,(H,9,11,12). The Kier molecular flexibility index (Phi) is 3.81. The van der Waals surface area contributed by atoms with Crippen molar-refractivity contribution in [2.45, 2.75) is 32.2 Å². The summed E-state index contributed by atoms with van der Waals surface area (Å²) >= 11 is 0. The van der Waals surface area contributed by atoms with Crippen LogP contribution in [0.5, 0.6) is 0 Å². The second-order valence-electron chi connectivity index (χ2n) is 3.44. The first-order chi connectivity index (χ1) is 6.94. The van der Waals surface area contributed by atoms with Gasteiger partial charge in [-0.15, -0.1) is 0 Å². The minimum absolute atomic E-state index is 0.00920. The molecule has 1 atom stereocenters. The van der Waals surface area contributed by atoms with Crippen LogP contribution >= 0.6 is 0 Å². The molecule has 7 heteroatoms. The highest BCUT2D eigenvalue weighted by atomic mass is 32.2. The van der Waals surface area contributed by atoms with Crippen molar-refractivity contribution in [3.05, 3.63) is 0 Å². The molecule has 1 heterocycles. The molecule has 0 spiro atoms. The van der Waals surface area contributed by atoms with Gasteiger partial charge in [0.05, 0.1) is 5.75 Å². The van der Waals surface area contributed by atoms with Crippen molar-refractivity contribution >= 4 is 21.8 Å². The van der Waals surface area contributed by atoms with Gasteiger partial charge in [0.2, 0.25) is 21.8 Å². The van der Waals surface area contributed by atoms with Crippen LogP contribution < -0.4 is 10.0 Å². The van der Waals surface area contributed by atoms with Crippen molar-refractivity contribution in [2.24, 2.45) is 0 Å². The van der Waals surface area contributed by atoms with E-state index in [0.717, 1.165) is 0 Å². The van der Waals surface area contributed by atoms with Crippen molar-refractivity contribution < 1.29 is 18.0 Å². The Labute approximate surface area is 88.5 Å². The molecule has 0 saturated carbocycles. The number of hydrogen-bond acceptors (Lipinski definition) is 4. The van der Waals surface area contributed by atoms with Gasteiger partial charge in [-0.1, -0.05) is 6.92 Å². The molecule has 6 nitrogen and oxygen atoms in total. The lowest BCUT2D eigenvalue weighted by molar-refractivity contribution is -0.134. The maximum absolute atomic E-state index is 11.3. The number of rotatable bonds is 4. The highest BCUT2D eigenvalue weighted by Gasteiger charge is 2.29. The molecular formula is C8H14N2O4S. The number of carbonyl (C=O) groups excluding carboxylic acids is 2. The fourth-order valence-electron chi connectivity index (χ4n) is 1.35. The molecule has 1 unspecified atom stereocenters. The fraction of sp³-hybridized carbons (Fsp3) is 0.750. The van der Waals surface area contributed by atoms with E-state index in [1.165, 1.54) is 0 Å². The van der Waals surface area contributed by atoms with Gasteiger partial charge in [0.25, 0.3) is 0 Å². The third kappa shape index (κ3) is 3.60. The normalized spacial score (nSPS) is 22.6. The van der Waals surface area contributed by atoms with E-state index in [-0.39, 0.29) is 24.5 Å². The van der Waals surface area contributed by atoms with Crippen LogP contribution in [0.4, 0.5) is 0 Å². The third-order valence-electron chi connectivity index (χ3n) is 2.03. The third-order valence-corrected chi connectivity index (χ3v) is 3.62. The van der Waals surface area contributed by atoms with Gasteiger partial charge in [-0.25, -0.2) is 13.1 Å². The summed E-state index contributed by atoms with van der Waals surface area (Å²) in [5.41, 5.74) is 0. The van der Waals surface area contributed by atoms with E-state index in [1.807, 2.05) is 0 Å². The summed E-state index contributed by atoms with van der Waals surface area (Å²) in [4.78, 5) is 22.0. The molecule has 1 aliphatic rings. The maximum Gasteiger partial charge on any atom is 0.244 e. The molecule has 1 aliphatic heterocycles. The van der Waals surface area contributed by atoms with Crippen LogP contribution in [-0.2, 0) is 19.6 Å². The van der Waals surface area contributed by atoms with Crippen molar-refractivity contribution in [3.63, 3.8) is 0 Å². The van der Waals surface area contributed by atoms with E-state index < -0.39 is 22.0 Å². The number of amides is 2. The Morgan fingerprint density at radius 2 is 2.13 bits per heavy atom. The molecule has 0 aromatic carbocycles. The van der Waals surface area contributed by atoms with Gasteiger partial charge in [0.15, 0.2) is 0 Å². The van der Waals surface area contributed by atoms with Gasteiger partial charge in [0.1, 0.15) is 6.04 Å². The summed E-state index contributed by atoms with van der Waals surface area (Å²) in [6.07, 6.45) is 0.890. The fourth-order valence-corrected chi connectivity index (χ4v) is 2.66. The Bertz CT molecular complexity index is 363. The summed E-state index contributed by atoms with van der Waals surface area (Å²) in [7, 11) is -3.40. The summed E-state index contributed by atoms with van der Waals surface area (Å²) in [5.74, 6) is -0.929. The Morgan fingerprint density at radius 1 is 1.47 bits per heavy atom. The zero-order valence-corrected chi connectivity index (χ0v) is 9.26. The second kappa shape index (κ2) is 4.71. The number of carbonyl (C=O) groups is 2. The monoisotopic (exact) mass is 234 g/mol. The summed E-state index contributed by atoms with van der Waals surface area (Å²) in [6.45, 7) is 1.74. The van der Waals surface area contributed by atoms with Crippen molar-refractivity contribution in [3.8, 4) is 0 Å². The van der Waals surface area contributed by atoms with Gasteiger partial charge in [-0.3, -0.25) is 14.9 Å². The molecule has 2 N–H and O–H groups in total. The van der Waals surface area contributed by atoms with Crippen LogP contribution in [0.2, 0.25) is 0 Å². The van der Waals surface area contributed by atoms with Gasteiger partial charge in [0, 0.05) is 6.42 Å². The number of hydrogen-bond donors (Lipinski definition) is 2. The maximum atomic E-state index is 11.3. The molecule has 0 radical (unpaired) electrons. The lowest BCUT2D eigenvalue weighted by Gasteiger charge is -2.21. The Balaban J connectivity index is 2.59. The van der Waals surface area contributed by atoms with Crippen LogP contribution in [-0.4, -0.2) is 32.0 Å². The van der Waals surface area contributed by atoms with E-state index in [9.17, 15) is 18.0 Å². The molecular weight excluding hydrogens is 220 g/mol.